The predicted octanol–water partition coefficient (Wildman–Crippen LogP) is 3.99. The van der Waals surface area contributed by atoms with E-state index < -0.39 is 5.91 Å². The van der Waals surface area contributed by atoms with E-state index in [-0.39, 0.29) is 5.95 Å². The van der Waals surface area contributed by atoms with Crippen molar-refractivity contribution in [2.24, 2.45) is 0 Å². The van der Waals surface area contributed by atoms with Crippen LogP contribution in [-0.4, -0.2) is 26.1 Å². The van der Waals surface area contributed by atoms with Gasteiger partial charge in [-0.25, -0.2) is 0 Å². The fourth-order valence-corrected chi connectivity index (χ4v) is 2.48. The van der Waals surface area contributed by atoms with Crippen LogP contribution < -0.4 is 5.32 Å². The molecule has 0 aliphatic carbocycles. The van der Waals surface area contributed by atoms with Gasteiger partial charge in [-0.2, -0.15) is 0 Å². The van der Waals surface area contributed by atoms with Crippen LogP contribution in [0.25, 0.3) is 23.6 Å². The minimum atomic E-state index is -0.424. The molecule has 0 spiro atoms. The van der Waals surface area contributed by atoms with Crippen molar-refractivity contribution in [3.63, 3.8) is 0 Å². The summed E-state index contributed by atoms with van der Waals surface area (Å²) in [5.74, 6) is 0.722. The molecule has 1 N–H and O–H groups in total. The van der Waals surface area contributed by atoms with Crippen molar-refractivity contribution in [1.82, 2.24) is 20.2 Å². The number of furan rings is 1. The molecule has 0 unspecified atom stereocenters. The van der Waals surface area contributed by atoms with E-state index >= 15 is 0 Å². The van der Waals surface area contributed by atoms with Gasteiger partial charge in [-0.1, -0.05) is 34.9 Å². The predicted molar refractivity (Wildman–Crippen MR) is 96.0 cm³/mol. The van der Waals surface area contributed by atoms with Crippen molar-refractivity contribution in [3.8, 4) is 11.3 Å². The monoisotopic (exact) mass is 375 g/mol. The number of rotatable bonds is 5. The molecule has 0 saturated carbocycles. The average Bonchev–Trinajstić information content (AvgIpc) is 3.21. The summed E-state index contributed by atoms with van der Waals surface area (Å²) in [7, 11) is 0. The summed E-state index contributed by atoms with van der Waals surface area (Å²) in [5, 5.41) is 14.6. The van der Waals surface area contributed by atoms with E-state index in [9.17, 15) is 4.79 Å². The lowest BCUT2D eigenvalue weighted by atomic mass is 10.2. The smallest absolute Gasteiger partial charge is 0.270 e. The fraction of sp³-hybridized carbons (Fsp3) is 0. The Morgan fingerprint density at radius 2 is 2.00 bits per heavy atom. The zero-order valence-electron chi connectivity index (χ0n) is 12.7. The van der Waals surface area contributed by atoms with Gasteiger partial charge in [0.1, 0.15) is 11.5 Å². The summed E-state index contributed by atoms with van der Waals surface area (Å²) in [6.07, 6.45) is 4.16. The number of carbonyl (C=O) groups excluding carboxylic acids is 1. The Bertz CT molecular complexity index is 941. The minimum Gasteiger partial charge on any atom is -0.457 e. The third-order valence-electron chi connectivity index (χ3n) is 3.00. The molecular weight excluding hydrogens is 365 g/mol. The third kappa shape index (κ3) is 4.34. The van der Waals surface area contributed by atoms with Gasteiger partial charge >= 0.3 is 0 Å². The highest BCUT2D eigenvalue weighted by Crippen LogP contribution is 2.28. The van der Waals surface area contributed by atoms with Crippen LogP contribution >= 0.6 is 23.2 Å². The second-order valence-electron chi connectivity index (χ2n) is 4.80. The van der Waals surface area contributed by atoms with Gasteiger partial charge in [0.2, 0.25) is 0 Å². The molecule has 0 fully saturated rings. The Kier molecular flexibility index (Phi) is 4.97. The van der Waals surface area contributed by atoms with Gasteiger partial charge in [-0.15, -0.1) is 9.90 Å². The summed E-state index contributed by atoms with van der Waals surface area (Å²) in [5.41, 5.74) is 0.742. The molecule has 0 radical (unpaired) electrons. The average molecular weight is 376 g/mol. The maximum absolute atomic E-state index is 11.8. The fourth-order valence-electron chi connectivity index (χ4n) is 1.96. The van der Waals surface area contributed by atoms with Crippen molar-refractivity contribution < 1.29 is 9.21 Å². The number of halogens is 2. The Hall–Kier alpha value is -2.90. The lowest BCUT2D eigenvalue weighted by Gasteiger charge is -1.99. The number of hydrogen-bond acceptors (Lipinski definition) is 5. The molecular formula is C16H11Cl2N5O2. The molecule has 9 heteroatoms. The van der Waals surface area contributed by atoms with Crippen LogP contribution in [0.1, 0.15) is 5.76 Å². The highest BCUT2D eigenvalue weighted by molar-refractivity contribution is 6.35. The Morgan fingerprint density at radius 3 is 2.68 bits per heavy atom. The van der Waals surface area contributed by atoms with Crippen molar-refractivity contribution in [2.45, 2.75) is 0 Å². The number of aromatic nitrogens is 4. The van der Waals surface area contributed by atoms with Crippen molar-refractivity contribution in [3.05, 3.63) is 58.8 Å². The summed E-state index contributed by atoms with van der Waals surface area (Å²) in [6.45, 7) is 3.48. The normalized spacial score (nSPS) is 11.0. The van der Waals surface area contributed by atoms with Crippen LogP contribution in [0.2, 0.25) is 10.0 Å². The van der Waals surface area contributed by atoms with E-state index in [0.29, 0.717) is 21.6 Å². The van der Waals surface area contributed by atoms with Gasteiger partial charge in [0, 0.05) is 27.9 Å². The minimum absolute atomic E-state index is 0.0725. The first-order valence-corrected chi connectivity index (χ1v) is 7.76. The summed E-state index contributed by atoms with van der Waals surface area (Å²) >= 11 is 12.0. The first-order valence-electron chi connectivity index (χ1n) is 7.01. The Labute approximate surface area is 152 Å². The molecule has 2 heterocycles. The molecule has 0 saturated heterocycles. The van der Waals surface area contributed by atoms with Gasteiger partial charge < -0.3 is 4.42 Å². The molecule has 126 valence electrons. The molecule has 1 aromatic carbocycles. The molecule has 0 bridgehead atoms. The van der Waals surface area contributed by atoms with Gasteiger partial charge in [-0.3, -0.25) is 10.1 Å². The Morgan fingerprint density at radius 1 is 1.24 bits per heavy atom. The first kappa shape index (κ1) is 16.9. The number of hydrogen-bond donors (Lipinski definition) is 1. The largest absolute Gasteiger partial charge is 0.457 e. The molecule has 0 aliphatic heterocycles. The van der Waals surface area contributed by atoms with Gasteiger partial charge in [0.15, 0.2) is 0 Å². The highest BCUT2D eigenvalue weighted by Gasteiger charge is 2.07. The number of benzene rings is 1. The van der Waals surface area contributed by atoms with Crippen molar-refractivity contribution in [1.29, 1.82) is 0 Å². The van der Waals surface area contributed by atoms with E-state index in [0.717, 1.165) is 10.4 Å². The number of carbonyl (C=O) groups is 1. The number of nitrogens with one attached hydrogen (secondary N) is 1. The SMILES string of the molecule is C=Cn1nnc(NC(=O)/C=C/c2ccc(-c3cc(Cl)cc(Cl)c3)o2)n1. The van der Waals surface area contributed by atoms with Gasteiger partial charge in [0.25, 0.3) is 11.9 Å². The second-order valence-corrected chi connectivity index (χ2v) is 5.67. The summed E-state index contributed by atoms with van der Waals surface area (Å²) in [6, 6.07) is 8.59. The van der Waals surface area contributed by atoms with Crippen LogP contribution in [0.15, 0.2) is 47.4 Å². The first-order chi connectivity index (χ1) is 12.0. The van der Waals surface area contributed by atoms with E-state index in [1.807, 2.05) is 0 Å². The number of amides is 1. The van der Waals surface area contributed by atoms with Crippen molar-refractivity contribution >= 4 is 47.3 Å². The molecule has 2 aromatic heterocycles. The number of nitrogens with zero attached hydrogens (tertiary/aromatic N) is 4. The zero-order valence-corrected chi connectivity index (χ0v) is 14.2. The third-order valence-corrected chi connectivity index (χ3v) is 3.44. The quantitative estimate of drug-likeness (QED) is 0.681. The lowest BCUT2D eigenvalue weighted by Crippen LogP contribution is -2.09. The number of tetrazole rings is 1. The van der Waals surface area contributed by atoms with Crippen LogP contribution in [-0.2, 0) is 4.79 Å². The van der Waals surface area contributed by atoms with E-state index in [2.05, 4.69) is 27.3 Å². The molecule has 3 rings (SSSR count). The second kappa shape index (κ2) is 7.33. The molecule has 7 nitrogen and oxygen atoms in total. The summed E-state index contributed by atoms with van der Waals surface area (Å²) in [4.78, 5) is 13.0. The van der Waals surface area contributed by atoms with Crippen LogP contribution in [0.3, 0.4) is 0 Å². The van der Waals surface area contributed by atoms with Crippen LogP contribution in [0.4, 0.5) is 5.95 Å². The topological polar surface area (TPSA) is 85.8 Å². The summed E-state index contributed by atoms with van der Waals surface area (Å²) < 4.78 is 5.66. The van der Waals surface area contributed by atoms with Crippen LogP contribution in [0.5, 0.6) is 0 Å². The number of anilines is 1. The van der Waals surface area contributed by atoms with E-state index in [1.165, 1.54) is 18.4 Å². The van der Waals surface area contributed by atoms with Gasteiger partial charge in [0.05, 0.1) is 0 Å². The maximum atomic E-state index is 11.8. The highest BCUT2D eigenvalue weighted by atomic mass is 35.5. The van der Waals surface area contributed by atoms with Crippen LogP contribution in [0, 0.1) is 0 Å². The van der Waals surface area contributed by atoms with E-state index in [4.69, 9.17) is 27.6 Å². The van der Waals surface area contributed by atoms with Gasteiger partial charge in [-0.05, 0) is 41.6 Å². The Balaban J connectivity index is 1.68. The zero-order chi connectivity index (χ0) is 17.8. The molecule has 3 aromatic rings. The standard InChI is InChI=1S/C16H11Cl2N5O2/c1-2-23-21-16(20-22-23)19-15(24)6-4-13-3-5-14(25-13)10-7-11(17)9-12(18)8-10/h2-9H,1H2,(H,19,21,24)/b6-4+. The molecule has 0 atom stereocenters. The van der Waals surface area contributed by atoms with E-state index in [1.54, 1.807) is 30.3 Å². The lowest BCUT2D eigenvalue weighted by molar-refractivity contribution is -0.111. The molecule has 25 heavy (non-hydrogen) atoms. The molecule has 1 amide bonds. The maximum Gasteiger partial charge on any atom is 0.270 e. The van der Waals surface area contributed by atoms with Crippen molar-refractivity contribution in [2.75, 3.05) is 5.32 Å². The molecule has 0 aliphatic rings.